The van der Waals surface area contributed by atoms with E-state index in [1.165, 1.54) is 4.80 Å². The molecule has 0 saturated heterocycles. The molecule has 0 aromatic carbocycles. The first-order chi connectivity index (χ1) is 8.47. The van der Waals surface area contributed by atoms with Crippen LogP contribution in [0.4, 0.5) is 5.95 Å². The lowest BCUT2D eigenvalue weighted by Crippen LogP contribution is -2.30. The lowest BCUT2D eigenvalue weighted by Gasteiger charge is -2.13. The monoisotopic (exact) mass is 253 g/mol. The van der Waals surface area contributed by atoms with Crippen LogP contribution in [0.25, 0.3) is 0 Å². The fourth-order valence-corrected chi connectivity index (χ4v) is 2.39. The molecule has 0 spiro atoms. The fraction of sp³-hybridized carbons (Fsp3) is 0.700. The van der Waals surface area contributed by atoms with Crippen molar-refractivity contribution in [2.45, 2.75) is 19.8 Å². The summed E-state index contributed by atoms with van der Waals surface area (Å²) < 4.78 is 0. The topological polar surface area (TPSA) is 110 Å². The number of carboxylic acid groups (broad SMARTS) is 1. The number of amides is 1. The Hall–Kier alpha value is -1.99. The van der Waals surface area contributed by atoms with Gasteiger partial charge in [-0.25, -0.2) is 0 Å². The molecule has 3 atom stereocenters. The minimum absolute atomic E-state index is 0.103. The molecule has 8 nitrogen and oxygen atoms in total. The normalized spacial score (nSPS) is 27.1. The van der Waals surface area contributed by atoms with Crippen molar-refractivity contribution in [3.63, 3.8) is 0 Å². The van der Waals surface area contributed by atoms with Gasteiger partial charge in [0.05, 0.1) is 18.9 Å². The molecule has 1 saturated carbocycles. The van der Waals surface area contributed by atoms with E-state index in [9.17, 15) is 9.59 Å². The summed E-state index contributed by atoms with van der Waals surface area (Å²) in [4.78, 5) is 24.3. The number of anilines is 1. The first-order valence-electron chi connectivity index (χ1n) is 5.75. The van der Waals surface area contributed by atoms with Crippen LogP contribution in [-0.2, 0) is 16.6 Å². The van der Waals surface area contributed by atoms with Gasteiger partial charge < -0.3 is 5.11 Å². The number of tetrazole rings is 1. The van der Waals surface area contributed by atoms with Crippen molar-refractivity contribution < 1.29 is 14.7 Å². The number of carbonyl (C=O) groups excluding carboxylic acids is 1. The second-order valence-corrected chi connectivity index (χ2v) is 4.72. The van der Waals surface area contributed by atoms with E-state index in [-0.39, 0.29) is 17.8 Å². The number of aromatic nitrogens is 4. The molecule has 2 rings (SSSR count). The van der Waals surface area contributed by atoms with Crippen LogP contribution in [0.15, 0.2) is 0 Å². The summed E-state index contributed by atoms with van der Waals surface area (Å²) in [6.07, 6.45) is 1.10. The van der Waals surface area contributed by atoms with Crippen LogP contribution in [-0.4, -0.2) is 37.2 Å². The highest BCUT2D eigenvalue weighted by molar-refractivity contribution is 5.94. The largest absolute Gasteiger partial charge is 0.481 e. The van der Waals surface area contributed by atoms with E-state index in [0.717, 1.165) is 0 Å². The Balaban J connectivity index is 2.06. The standard InChI is InChI=1S/C10H15N5O3/c1-5-3-6(7(4-5)9(17)18)8(16)11-10-12-14-15(2)13-10/h5-7H,3-4H2,1-2H3,(H,17,18)(H,11,13,16)/t5?,6-,7+/m0/s1. The highest BCUT2D eigenvalue weighted by Crippen LogP contribution is 2.36. The minimum atomic E-state index is -0.924. The van der Waals surface area contributed by atoms with E-state index in [0.29, 0.717) is 12.8 Å². The number of rotatable bonds is 3. The Kier molecular flexibility index (Phi) is 3.26. The number of nitrogens with zero attached hydrogens (tertiary/aromatic N) is 4. The van der Waals surface area contributed by atoms with Gasteiger partial charge in [0.15, 0.2) is 0 Å². The van der Waals surface area contributed by atoms with Crippen molar-refractivity contribution in [3.8, 4) is 0 Å². The minimum Gasteiger partial charge on any atom is -0.481 e. The van der Waals surface area contributed by atoms with Crippen LogP contribution >= 0.6 is 0 Å². The molecule has 2 N–H and O–H groups in total. The summed E-state index contributed by atoms with van der Waals surface area (Å²) in [6, 6.07) is 0. The van der Waals surface area contributed by atoms with Gasteiger partial charge in [0.1, 0.15) is 0 Å². The molecule has 8 heteroatoms. The van der Waals surface area contributed by atoms with E-state index in [1.54, 1.807) is 7.05 Å². The van der Waals surface area contributed by atoms with Gasteiger partial charge in [-0.15, -0.1) is 5.10 Å². The third-order valence-corrected chi connectivity index (χ3v) is 3.20. The number of carboxylic acids is 1. The third-order valence-electron chi connectivity index (χ3n) is 3.20. The maximum atomic E-state index is 12.0. The summed E-state index contributed by atoms with van der Waals surface area (Å²) in [5, 5.41) is 22.6. The molecule has 18 heavy (non-hydrogen) atoms. The van der Waals surface area contributed by atoms with E-state index >= 15 is 0 Å². The molecule has 98 valence electrons. The lowest BCUT2D eigenvalue weighted by molar-refractivity contribution is -0.145. The molecule has 1 unspecified atom stereocenters. The molecule has 1 aromatic heterocycles. The van der Waals surface area contributed by atoms with Crippen LogP contribution in [0.2, 0.25) is 0 Å². The van der Waals surface area contributed by atoms with E-state index in [4.69, 9.17) is 5.11 Å². The second-order valence-electron chi connectivity index (χ2n) is 4.72. The van der Waals surface area contributed by atoms with E-state index in [2.05, 4.69) is 20.7 Å². The van der Waals surface area contributed by atoms with Gasteiger partial charge in [-0.3, -0.25) is 14.9 Å². The summed E-state index contributed by atoms with van der Waals surface area (Å²) >= 11 is 0. The number of carbonyl (C=O) groups is 2. The predicted molar refractivity (Wildman–Crippen MR) is 60.4 cm³/mol. The maximum absolute atomic E-state index is 12.0. The van der Waals surface area contributed by atoms with Gasteiger partial charge in [0.2, 0.25) is 5.91 Å². The molecule has 0 aliphatic heterocycles. The summed E-state index contributed by atoms with van der Waals surface area (Å²) in [5.41, 5.74) is 0. The summed E-state index contributed by atoms with van der Waals surface area (Å²) in [7, 11) is 1.58. The van der Waals surface area contributed by atoms with Crippen molar-refractivity contribution in [3.05, 3.63) is 0 Å². The van der Waals surface area contributed by atoms with Gasteiger partial charge in [0, 0.05) is 0 Å². The highest BCUT2D eigenvalue weighted by atomic mass is 16.4. The summed E-state index contributed by atoms with van der Waals surface area (Å²) in [6.45, 7) is 1.95. The maximum Gasteiger partial charge on any atom is 0.307 e. The molecular weight excluding hydrogens is 238 g/mol. The zero-order valence-corrected chi connectivity index (χ0v) is 10.2. The first-order valence-corrected chi connectivity index (χ1v) is 5.75. The average Bonchev–Trinajstić information content (AvgIpc) is 2.85. The molecule has 1 amide bonds. The van der Waals surface area contributed by atoms with Gasteiger partial charge in [0.25, 0.3) is 5.95 Å². The zero-order valence-electron chi connectivity index (χ0n) is 10.2. The molecule has 1 aliphatic rings. The van der Waals surface area contributed by atoms with Crippen LogP contribution in [0.3, 0.4) is 0 Å². The number of hydrogen-bond donors (Lipinski definition) is 2. The molecule has 0 bridgehead atoms. The van der Waals surface area contributed by atoms with Gasteiger partial charge >= 0.3 is 5.97 Å². The Morgan fingerprint density at radius 1 is 1.39 bits per heavy atom. The highest BCUT2D eigenvalue weighted by Gasteiger charge is 2.41. The van der Waals surface area contributed by atoms with Crippen molar-refractivity contribution in [2.24, 2.45) is 24.8 Å². The molecule has 1 aromatic rings. The van der Waals surface area contributed by atoms with Crippen LogP contribution in [0.1, 0.15) is 19.8 Å². The van der Waals surface area contributed by atoms with E-state index in [1.807, 2.05) is 6.92 Å². The second kappa shape index (κ2) is 4.71. The molecule has 1 heterocycles. The molecule has 1 fully saturated rings. The number of aliphatic carboxylic acids is 1. The van der Waals surface area contributed by atoms with Crippen molar-refractivity contribution >= 4 is 17.8 Å². The van der Waals surface area contributed by atoms with Crippen LogP contribution < -0.4 is 5.32 Å². The SMILES string of the molecule is CC1C[C@H](C(=O)Nc2nnn(C)n2)[C@H](C(=O)O)C1. The third kappa shape index (κ3) is 2.47. The lowest BCUT2D eigenvalue weighted by atomic mass is 9.95. The van der Waals surface area contributed by atoms with Gasteiger partial charge in [-0.05, 0) is 24.0 Å². The Morgan fingerprint density at radius 3 is 2.61 bits per heavy atom. The van der Waals surface area contributed by atoms with Crippen molar-refractivity contribution in [1.29, 1.82) is 0 Å². The number of hydrogen-bond acceptors (Lipinski definition) is 5. The smallest absolute Gasteiger partial charge is 0.307 e. The summed E-state index contributed by atoms with van der Waals surface area (Å²) in [5.74, 6) is -2.09. The van der Waals surface area contributed by atoms with Crippen LogP contribution in [0, 0.1) is 17.8 Å². The van der Waals surface area contributed by atoms with Gasteiger partial charge in [-0.2, -0.15) is 4.80 Å². The van der Waals surface area contributed by atoms with Gasteiger partial charge in [-0.1, -0.05) is 12.0 Å². The quantitative estimate of drug-likeness (QED) is 0.778. The average molecular weight is 253 g/mol. The molecular formula is C10H15N5O3. The Bertz CT molecular complexity index is 472. The molecule has 1 aliphatic carbocycles. The van der Waals surface area contributed by atoms with Crippen molar-refractivity contribution in [1.82, 2.24) is 20.2 Å². The zero-order chi connectivity index (χ0) is 13.3. The number of nitrogens with one attached hydrogen (secondary N) is 1. The predicted octanol–water partition coefficient (Wildman–Crippen LogP) is -0.105. The Labute approximate surface area is 103 Å². The number of aryl methyl sites for hydroxylation is 1. The van der Waals surface area contributed by atoms with Crippen LogP contribution in [0.5, 0.6) is 0 Å². The molecule has 0 radical (unpaired) electrons. The van der Waals surface area contributed by atoms with E-state index < -0.39 is 17.8 Å². The van der Waals surface area contributed by atoms with Crippen molar-refractivity contribution in [2.75, 3.05) is 5.32 Å². The first kappa shape index (κ1) is 12.5. The Morgan fingerprint density at radius 2 is 2.06 bits per heavy atom. The fourth-order valence-electron chi connectivity index (χ4n) is 2.39.